The summed E-state index contributed by atoms with van der Waals surface area (Å²) in [5.41, 5.74) is 0.604. The van der Waals surface area contributed by atoms with E-state index in [0.29, 0.717) is 12.1 Å². The van der Waals surface area contributed by atoms with Crippen molar-refractivity contribution >= 4 is 27.7 Å². The molecule has 4 N–H and O–H groups in total. The third-order valence-corrected chi connectivity index (χ3v) is 7.62. The third kappa shape index (κ3) is 9.49. The van der Waals surface area contributed by atoms with Crippen LogP contribution < -0.4 is 10.6 Å². The highest BCUT2D eigenvalue weighted by Gasteiger charge is 2.34. The predicted octanol–water partition coefficient (Wildman–Crippen LogP) is 3.21. The Hall–Kier alpha value is -3.46. The molecule has 10 nitrogen and oxygen atoms in total. The maximum Gasteiger partial charge on any atom is 0.404 e. The van der Waals surface area contributed by atoms with Gasteiger partial charge in [0.2, 0.25) is 15.9 Å². The molecular formula is C26H34N4O6S. The van der Waals surface area contributed by atoms with E-state index < -0.39 is 33.7 Å². The molecule has 0 spiro atoms. The molecule has 0 radical (unpaired) electrons. The van der Waals surface area contributed by atoms with E-state index in [1.165, 1.54) is 31.2 Å². The van der Waals surface area contributed by atoms with Crippen molar-refractivity contribution in [2.45, 2.75) is 57.1 Å². The third-order valence-electron chi connectivity index (χ3n) is 5.79. The van der Waals surface area contributed by atoms with Crippen LogP contribution >= 0.6 is 0 Å². The van der Waals surface area contributed by atoms with Crippen LogP contribution in [0, 0.1) is 16.7 Å². The van der Waals surface area contributed by atoms with Gasteiger partial charge >= 0.3 is 6.09 Å². The molecule has 0 aliphatic rings. The number of amides is 2. The first kappa shape index (κ1) is 29.8. The second kappa shape index (κ2) is 13.2. The highest BCUT2D eigenvalue weighted by atomic mass is 32.2. The first-order chi connectivity index (χ1) is 17.3. The molecule has 0 unspecified atom stereocenters. The summed E-state index contributed by atoms with van der Waals surface area (Å²) in [4.78, 5) is 22.7. The minimum absolute atomic E-state index is 0.00729. The molecule has 0 aliphatic heterocycles. The van der Waals surface area contributed by atoms with Crippen LogP contribution in [0.5, 0.6) is 0 Å². The predicted molar refractivity (Wildman–Crippen MR) is 139 cm³/mol. The maximum atomic E-state index is 13.7. The lowest BCUT2D eigenvalue weighted by atomic mass is 9.88. The number of aliphatic hydroxyl groups excluding tert-OH is 1. The average molecular weight is 531 g/mol. The number of sulfonamides is 1. The van der Waals surface area contributed by atoms with Crippen molar-refractivity contribution in [1.29, 1.82) is 5.26 Å². The molecule has 11 heteroatoms. The smallest absolute Gasteiger partial charge is 0.404 e. The quantitative estimate of drug-likeness (QED) is 0.309. The number of carbonyl (C=O) groups is 2. The molecule has 2 rings (SSSR count). The summed E-state index contributed by atoms with van der Waals surface area (Å²) in [6.07, 6.45) is -1.89. The number of hydrogen-bond acceptors (Lipinski definition) is 6. The molecule has 0 aliphatic carbocycles. The lowest BCUT2D eigenvalue weighted by Gasteiger charge is -2.34. The topological polar surface area (TPSA) is 160 Å². The van der Waals surface area contributed by atoms with Gasteiger partial charge in [-0.25, -0.2) is 13.2 Å². The second-order valence-corrected chi connectivity index (χ2v) is 11.6. The molecular weight excluding hydrogens is 496 g/mol. The van der Waals surface area contributed by atoms with E-state index in [2.05, 4.69) is 16.7 Å². The van der Waals surface area contributed by atoms with Crippen molar-refractivity contribution in [1.82, 2.24) is 9.62 Å². The average Bonchev–Trinajstić information content (AvgIpc) is 2.82. The molecule has 2 amide bonds. The molecule has 0 heterocycles. The van der Waals surface area contributed by atoms with Crippen molar-refractivity contribution in [3.05, 3.63) is 60.2 Å². The summed E-state index contributed by atoms with van der Waals surface area (Å²) < 4.78 is 28.5. The molecule has 0 saturated heterocycles. The molecule has 0 fully saturated rings. The molecule has 0 aromatic heterocycles. The number of benzene rings is 2. The Morgan fingerprint density at radius 3 is 2.27 bits per heavy atom. The van der Waals surface area contributed by atoms with Gasteiger partial charge < -0.3 is 20.8 Å². The highest BCUT2D eigenvalue weighted by molar-refractivity contribution is 7.89. The maximum absolute atomic E-state index is 13.7. The number of nitrogens with one attached hydrogen (secondary N) is 2. The number of aliphatic hydroxyl groups is 1. The molecule has 2 aromatic carbocycles. The zero-order valence-corrected chi connectivity index (χ0v) is 22.0. The van der Waals surface area contributed by atoms with Crippen molar-refractivity contribution in [2.24, 2.45) is 5.41 Å². The number of nitriles is 1. The van der Waals surface area contributed by atoms with Crippen LogP contribution in [-0.2, 0) is 21.2 Å². The second-order valence-electron chi connectivity index (χ2n) is 9.64. The van der Waals surface area contributed by atoms with Gasteiger partial charge in [0.15, 0.2) is 0 Å². The van der Waals surface area contributed by atoms with E-state index in [1.54, 1.807) is 24.3 Å². The van der Waals surface area contributed by atoms with Gasteiger partial charge in [0.1, 0.15) is 0 Å². The Kier molecular flexibility index (Phi) is 10.6. The fraction of sp³-hybridized carbons (Fsp3) is 0.423. The molecule has 0 bridgehead atoms. The number of anilines is 1. The van der Waals surface area contributed by atoms with Gasteiger partial charge in [-0.15, -0.1) is 0 Å². The SMILES string of the molecule is CC(=O)Nc1ccc(S(=O)(=O)N(C[C@H](O)[C@H](Cc2ccccc2)NC(=O)O)CC(C)(C)CCC#N)cc1. The summed E-state index contributed by atoms with van der Waals surface area (Å²) in [5.74, 6) is -0.296. The Labute approximate surface area is 218 Å². The van der Waals surface area contributed by atoms with Gasteiger partial charge in [-0.3, -0.25) is 4.79 Å². The van der Waals surface area contributed by atoms with Crippen LogP contribution in [0.4, 0.5) is 10.5 Å². The summed E-state index contributed by atoms with van der Waals surface area (Å²) in [6.45, 7) is 4.62. The summed E-state index contributed by atoms with van der Waals surface area (Å²) in [6, 6.07) is 15.7. The Morgan fingerprint density at radius 2 is 1.73 bits per heavy atom. The Bertz CT molecular complexity index is 1190. The van der Waals surface area contributed by atoms with Gasteiger partial charge in [-0.05, 0) is 48.1 Å². The van der Waals surface area contributed by atoms with Crippen LogP contribution in [0.15, 0.2) is 59.5 Å². The standard InChI is InChI=1S/C26H34N4O6S/c1-19(31)28-21-10-12-22(13-11-21)37(35,36)30(18-26(2,3)14-7-15-27)17-24(32)23(29-25(33)34)16-20-8-5-4-6-9-20/h4-6,8-13,23-24,29,32H,7,14,16-18H2,1-3H3,(H,28,31)(H,33,34)/t23-,24-/m0/s1. The minimum atomic E-state index is -4.13. The van der Waals surface area contributed by atoms with Gasteiger partial charge in [0.25, 0.3) is 0 Å². The number of carboxylic acid groups (broad SMARTS) is 1. The fourth-order valence-corrected chi connectivity index (χ4v) is 5.55. The van der Waals surface area contributed by atoms with Crippen molar-refractivity contribution in [3.8, 4) is 6.07 Å². The van der Waals surface area contributed by atoms with E-state index in [-0.39, 0.29) is 36.7 Å². The minimum Gasteiger partial charge on any atom is -0.465 e. The first-order valence-corrected chi connectivity index (χ1v) is 13.2. The molecule has 37 heavy (non-hydrogen) atoms. The van der Waals surface area contributed by atoms with Crippen molar-refractivity contribution in [2.75, 3.05) is 18.4 Å². The summed E-state index contributed by atoms with van der Waals surface area (Å²) in [7, 11) is -4.13. The van der Waals surface area contributed by atoms with Gasteiger partial charge in [-0.1, -0.05) is 44.2 Å². The summed E-state index contributed by atoms with van der Waals surface area (Å²) in [5, 5.41) is 34.3. The first-order valence-electron chi connectivity index (χ1n) is 11.8. The van der Waals surface area contributed by atoms with E-state index >= 15 is 0 Å². The van der Waals surface area contributed by atoms with E-state index in [0.717, 1.165) is 9.87 Å². The van der Waals surface area contributed by atoms with E-state index in [1.807, 2.05) is 19.9 Å². The lowest BCUT2D eigenvalue weighted by Crippen LogP contribution is -2.51. The van der Waals surface area contributed by atoms with E-state index in [9.17, 15) is 28.2 Å². The molecule has 0 saturated carbocycles. The van der Waals surface area contributed by atoms with Gasteiger partial charge in [0, 0.05) is 32.1 Å². The molecule has 200 valence electrons. The van der Waals surface area contributed by atoms with Crippen LogP contribution in [0.3, 0.4) is 0 Å². The number of nitrogens with zero attached hydrogens (tertiary/aromatic N) is 2. The van der Waals surface area contributed by atoms with Crippen LogP contribution in [0.1, 0.15) is 39.2 Å². The fourth-order valence-electron chi connectivity index (χ4n) is 3.91. The normalized spacial score (nSPS) is 13.4. The van der Waals surface area contributed by atoms with Crippen LogP contribution in [0.25, 0.3) is 0 Å². The number of rotatable bonds is 13. The zero-order valence-electron chi connectivity index (χ0n) is 21.2. The zero-order chi connectivity index (χ0) is 27.6. The van der Waals surface area contributed by atoms with Crippen molar-refractivity contribution in [3.63, 3.8) is 0 Å². The van der Waals surface area contributed by atoms with E-state index in [4.69, 9.17) is 5.26 Å². The number of carbonyl (C=O) groups excluding carboxylic acids is 1. The summed E-state index contributed by atoms with van der Waals surface area (Å²) >= 11 is 0. The Morgan fingerprint density at radius 1 is 1.11 bits per heavy atom. The van der Waals surface area contributed by atoms with Crippen molar-refractivity contribution < 1.29 is 28.2 Å². The molecule has 2 aromatic rings. The largest absolute Gasteiger partial charge is 0.465 e. The van der Waals surface area contributed by atoms with Crippen LogP contribution in [0.2, 0.25) is 0 Å². The number of hydrogen-bond donors (Lipinski definition) is 4. The monoisotopic (exact) mass is 530 g/mol. The lowest BCUT2D eigenvalue weighted by molar-refractivity contribution is -0.114. The Balaban J connectivity index is 2.38. The molecule has 2 atom stereocenters. The van der Waals surface area contributed by atoms with Gasteiger partial charge in [-0.2, -0.15) is 9.57 Å². The van der Waals surface area contributed by atoms with Crippen LogP contribution in [-0.4, -0.2) is 60.2 Å². The highest BCUT2D eigenvalue weighted by Crippen LogP contribution is 2.28. The van der Waals surface area contributed by atoms with Gasteiger partial charge in [0.05, 0.1) is 23.1 Å².